The number of nitrogens with zero attached hydrogens (tertiary/aromatic N) is 4. The van der Waals surface area contributed by atoms with Crippen LogP contribution < -0.4 is 5.32 Å². The first-order valence-corrected chi connectivity index (χ1v) is 12.5. The largest absolute Gasteiger partial charge is 0.336 e. The Hall–Kier alpha value is -2.82. The number of nitriles is 1. The average Bonchev–Trinajstić information content (AvgIpc) is 3.08. The zero-order valence-corrected chi connectivity index (χ0v) is 20.7. The van der Waals surface area contributed by atoms with Gasteiger partial charge >= 0.3 is 0 Å². The zero-order chi connectivity index (χ0) is 24.2. The molecule has 2 aromatic rings. The fourth-order valence-corrected chi connectivity index (χ4v) is 5.27. The number of rotatable bonds is 5. The van der Waals surface area contributed by atoms with E-state index in [1.165, 1.54) is 19.3 Å². The molecule has 2 fully saturated rings. The van der Waals surface area contributed by atoms with Gasteiger partial charge in [-0.05, 0) is 56.5 Å². The summed E-state index contributed by atoms with van der Waals surface area (Å²) in [7, 11) is 0. The molecule has 1 aliphatic heterocycles. The van der Waals surface area contributed by atoms with Gasteiger partial charge in [0, 0.05) is 48.5 Å². The second kappa shape index (κ2) is 10.6. The maximum absolute atomic E-state index is 13.0. The molecule has 0 unspecified atom stereocenters. The van der Waals surface area contributed by atoms with Crippen LogP contribution in [0.15, 0.2) is 24.3 Å². The van der Waals surface area contributed by atoms with Gasteiger partial charge in [-0.2, -0.15) is 5.26 Å². The van der Waals surface area contributed by atoms with Gasteiger partial charge in [0.1, 0.15) is 11.9 Å². The van der Waals surface area contributed by atoms with Crippen molar-refractivity contribution >= 4 is 29.2 Å². The molecule has 0 bridgehead atoms. The molecule has 4 rings (SSSR count). The standard InChI is InChI=1S/C26H32ClN5O2/c1-18-19(2)32(22-6-4-3-5-7-22)25(23(18)16-28)29-24(33)17-30-12-14-31(15-13-30)26(34)20-8-10-21(27)11-9-20/h8-11,22H,3-7,12-15,17H2,1-2H3,(H,29,33). The van der Waals surface area contributed by atoms with Gasteiger partial charge < -0.3 is 14.8 Å². The molecular formula is C26H32ClN5O2. The van der Waals surface area contributed by atoms with Crippen molar-refractivity contribution in [2.75, 3.05) is 38.0 Å². The molecule has 1 aromatic carbocycles. The summed E-state index contributed by atoms with van der Waals surface area (Å²) < 4.78 is 2.19. The van der Waals surface area contributed by atoms with Gasteiger partial charge in [-0.15, -0.1) is 0 Å². The van der Waals surface area contributed by atoms with Crippen LogP contribution in [0.2, 0.25) is 5.02 Å². The summed E-state index contributed by atoms with van der Waals surface area (Å²) in [6, 6.07) is 9.55. The lowest BCUT2D eigenvalue weighted by atomic mass is 9.95. The van der Waals surface area contributed by atoms with Gasteiger partial charge in [-0.1, -0.05) is 30.9 Å². The average molecular weight is 482 g/mol. The Morgan fingerprint density at radius 3 is 2.32 bits per heavy atom. The van der Waals surface area contributed by atoms with Crippen molar-refractivity contribution in [1.82, 2.24) is 14.4 Å². The first kappa shape index (κ1) is 24.3. The highest BCUT2D eigenvalue weighted by Crippen LogP contribution is 2.36. The second-order valence-corrected chi connectivity index (χ2v) is 9.77. The van der Waals surface area contributed by atoms with Crippen molar-refractivity contribution in [3.8, 4) is 6.07 Å². The summed E-state index contributed by atoms with van der Waals surface area (Å²) in [6.07, 6.45) is 5.75. The predicted octanol–water partition coefficient (Wildman–Crippen LogP) is 4.53. The number of halogens is 1. The lowest BCUT2D eigenvalue weighted by Crippen LogP contribution is -2.50. The molecule has 7 nitrogen and oxygen atoms in total. The molecule has 180 valence electrons. The van der Waals surface area contributed by atoms with Crippen LogP contribution in [-0.4, -0.2) is 58.9 Å². The first-order chi connectivity index (χ1) is 16.4. The summed E-state index contributed by atoms with van der Waals surface area (Å²) in [6.45, 7) is 6.61. The molecule has 8 heteroatoms. The molecule has 1 N–H and O–H groups in total. The smallest absolute Gasteiger partial charge is 0.253 e. The molecule has 34 heavy (non-hydrogen) atoms. The van der Waals surface area contributed by atoms with Crippen molar-refractivity contribution < 1.29 is 9.59 Å². The van der Waals surface area contributed by atoms with E-state index in [2.05, 4.69) is 20.9 Å². The number of benzene rings is 1. The van der Waals surface area contributed by atoms with Crippen LogP contribution in [0.5, 0.6) is 0 Å². The van der Waals surface area contributed by atoms with Gasteiger partial charge in [-0.3, -0.25) is 14.5 Å². The topological polar surface area (TPSA) is 81.4 Å². The third-order valence-electron chi connectivity index (χ3n) is 7.18. The Morgan fingerprint density at radius 1 is 1.06 bits per heavy atom. The fraction of sp³-hybridized carbons (Fsp3) is 0.500. The van der Waals surface area contributed by atoms with Crippen molar-refractivity contribution in [3.63, 3.8) is 0 Å². The van der Waals surface area contributed by atoms with Crippen molar-refractivity contribution in [2.24, 2.45) is 0 Å². The molecule has 2 amide bonds. The van der Waals surface area contributed by atoms with E-state index < -0.39 is 0 Å². The summed E-state index contributed by atoms with van der Waals surface area (Å²) in [4.78, 5) is 29.6. The van der Waals surface area contributed by atoms with Crippen molar-refractivity contribution in [1.29, 1.82) is 5.26 Å². The maximum atomic E-state index is 13.0. The van der Waals surface area contributed by atoms with E-state index in [4.69, 9.17) is 11.6 Å². The van der Waals surface area contributed by atoms with Gasteiger partial charge in [0.25, 0.3) is 5.91 Å². The SMILES string of the molecule is Cc1c(C#N)c(NC(=O)CN2CCN(C(=O)c3ccc(Cl)cc3)CC2)n(C2CCCCC2)c1C. The minimum atomic E-state index is -0.122. The maximum Gasteiger partial charge on any atom is 0.253 e. The van der Waals surface area contributed by atoms with Crippen LogP contribution in [0.1, 0.15) is 65.3 Å². The highest BCUT2D eigenvalue weighted by atomic mass is 35.5. The Kier molecular flexibility index (Phi) is 7.60. The molecule has 0 radical (unpaired) electrons. The van der Waals surface area contributed by atoms with E-state index in [0.717, 1.165) is 24.1 Å². The molecule has 1 aromatic heterocycles. The highest BCUT2D eigenvalue weighted by molar-refractivity contribution is 6.30. The van der Waals surface area contributed by atoms with E-state index in [-0.39, 0.29) is 18.4 Å². The third kappa shape index (κ3) is 5.13. The van der Waals surface area contributed by atoms with Crippen LogP contribution in [0.3, 0.4) is 0 Å². The number of aromatic nitrogens is 1. The zero-order valence-electron chi connectivity index (χ0n) is 19.9. The minimum absolute atomic E-state index is 0.0179. The normalized spacial score (nSPS) is 17.4. The van der Waals surface area contributed by atoms with Crippen LogP contribution in [0.25, 0.3) is 0 Å². The Balaban J connectivity index is 1.38. The summed E-state index contributed by atoms with van der Waals surface area (Å²) in [5.41, 5.74) is 3.19. The predicted molar refractivity (Wildman–Crippen MR) is 133 cm³/mol. The van der Waals surface area contributed by atoms with E-state index in [9.17, 15) is 14.9 Å². The van der Waals surface area contributed by atoms with Gasteiger partial charge in [0.2, 0.25) is 5.91 Å². The monoisotopic (exact) mass is 481 g/mol. The number of piperazine rings is 1. The lowest BCUT2D eigenvalue weighted by molar-refractivity contribution is -0.117. The number of carbonyl (C=O) groups is 2. The van der Waals surface area contributed by atoms with Gasteiger partial charge in [-0.25, -0.2) is 0 Å². The quantitative estimate of drug-likeness (QED) is 0.680. The van der Waals surface area contributed by atoms with Crippen molar-refractivity contribution in [2.45, 2.75) is 52.0 Å². The van der Waals surface area contributed by atoms with Crippen molar-refractivity contribution in [3.05, 3.63) is 51.7 Å². The van der Waals surface area contributed by atoms with Gasteiger partial charge in [0.05, 0.1) is 12.1 Å². The van der Waals surface area contributed by atoms with E-state index in [0.29, 0.717) is 54.2 Å². The molecule has 1 saturated carbocycles. The van der Waals surface area contributed by atoms with E-state index in [1.54, 1.807) is 24.3 Å². The molecule has 0 atom stereocenters. The molecular weight excluding hydrogens is 450 g/mol. The number of carbonyl (C=O) groups excluding carboxylic acids is 2. The lowest BCUT2D eigenvalue weighted by Gasteiger charge is -2.34. The van der Waals surface area contributed by atoms with Crippen LogP contribution in [-0.2, 0) is 4.79 Å². The summed E-state index contributed by atoms with van der Waals surface area (Å²) in [5, 5.41) is 13.5. The third-order valence-corrected chi connectivity index (χ3v) is 7.44. The molecule has 2 heterocycles. The Morgan fingerprint density at radius 2 is 1.71 bits per heavy atom. The Bertz CT molecular complexity index is 1090. The first-order valence-electron chi connectivity index (χ1n) is 12.1. The molecule has 1 saturated heterocycles. The summed E-state index contributed by atoms with van der Waals surface area (Å²) >= 11 is 5.92. The molecule has 1 aliphatic carbocycles. The molecule has 2 aliphatic rings. The van der Waals surface area contributed by atoms with E-state index >= 15 is 0 Å². The van der Waals surface area contributed by atoms with Gasteiger partial charge in [0.15, 0.2) is 0 Å². The number of anilines is 1. The van der Waals surface area contributed by atoms with Crippen LogP contribution in [0, 0.1) is 25.2 Å². The molecule has 0 spiro atoms. The minimum Gasteiger partial charge on any atom is -0.336 e. The van der Waals surface area contributed by atoms with Crippen LogP contribution >= 0.6 is 11.6 Å². The highest BCUT2D eigenvalue weighted by Gasteiger charge is 2.27. The summed E-state index contributed by atoms with van der Waals surface area (Å²) in [5.74, 6) is 0.505. The second-order valence-electron chi connectivity index (χ2n) is 9.33. The fourth-order valence-electron chi connectivity index (χ4n) is 5.14. The number of hydrogen-bond donors (Lipinski definition) is 1. The number of amides is 2. The van der Waals surface area contributed by atoms with E-state index in [1.807, 2.05) is 18.7 Å². The number of nitrogens with one attached hydrogen (secondary N) is 1. The van der Waals surface area contributed by atoms with Crippen LogP contribution in [0.4, 0.5) is 5.82 Å². The number of hydrogen-bond acceptors (Lipinski definition) is 4. The Labute approximate surface area is 206 Å².